The van der Waals surface area contributed by atoms with E-state index in [1.54, 1.807) is 41.4 Å². The zero-order chi connectivity index (χ0) is 16.7. The summed E-state index contributed by atoms with van der Waals surface area (Å²) in [5.41, 5.74) is 1.44. The van der Waals surface area contributed by atoms with E-state index < -0.39 is 0 Å². The summed E-state index contributed by atoms with van der Waals surface area (Å²) in [6.45, 7) is 0.422. The number of aromatic nitrogens is 4. The van der Waals surface area contributed by atoms with Crippen LogP contribution in [0.4, 0.5) is 0 Å². The van der Waals surface area contributed by atoms with Gasteiger partial charge in [0.25, 0.3) is 11.1 Å². The first kappa shape index (κ1) is 14.1. The molecule has 0 aromatic carbocycles. The zero-order valence-corrected chi connectivity index (χ0v) is 12.6. The second kappa shape index (κ2) is 5.31. The molecule has 7 heteroatoms. The summed E-state index contributed by atoms with van der Waals surface area (Å²) in [7, 11) is 0. The minimum atomic E-state index is -0.383. The molecule has 0 bridgehead atoms. The zero-order valence-electron chi connectivity index (χ0n) is 12.6. The Labute approximate surface area is 135 Å². The van der Waals surface area contributed by atoms with Gasteiger partial charge in [0, 0.05) is 24.8 Å². The second-order valence-corrected chi connectivity index (χ2v) is 5.49. The molecule has 0 spiro atoms. The highest BCUT2D eigenvalue weighted by Crippen LogP contribution is 2.14. The highest BCUT2D eigenvalue weighted by molar-refractivity contribution is 5.91. The van der Waals surface area contributed by atoms with Gasteiger partial charge in [-0.2, -0.15) is 0 Å². The SMILES string of the molecule is Nn1ccc2nc3ccn(Cc4ccncc4)c(=O)c3cc2c1=O. The van der Waals surface area contributed by atoms with Crippen molar-refractivity contribution >= 4 is 21.8 Å². The minimum absolute atomic E-state index is 0.203. The molecule has 0 aliphatic heterocycles. The van der Waals surface area contributed by atoms with Crippen molar-refractivity contribution in [3.8, 4) is 0 Å². The van der Waals surface area contributed by atoms with Crippen LogP contribution in [0.2, 0.25) is 0 Å². The number of rotatable bonds is 2. The van der Waals surface area contributed by atoms with Crippen LogP contribution in [0.25, 0.3) is 21.8 Å². The molecule has 0 radical (unpaired) electrons. The monoisotopic (exact) mass is 319 g/mol. The van der Waals surface area contributed by atoms with Crippen molar-refractivity contribution in [2.24, 2.45) is 0 Å². The Morgan fingerprint density at radius 2 is 1.58 bits per heavy atom. The quantitative estimate of drug-likeness (QED) is 0.437. The predicted octanol–water partition coefficient (Wildman–Crippen LogP) is 0.869. The Hall–Kier alpha value is -3.48. The van der Waals surface area contributed by atoms with E-state index in [1.807, 2.05) is 12.1 Å². The van der Waals surface area contributed by atoms with Crippen molar-refractivity contribution in [3.05, 3.63) is 81.4 Å². The molecule has 0 atom stereocenters. The maximum Gasteiger partial charge on any atom is 0.278 e. The Balaban J connectivity index is 1.95. The molecule has 0 fully saturated rings. The van der Waals surface area contributed by atoms with Crippen LogP contribution in [-0.2, 0) is 6.54 Å². The fourth-order valence-electron chi connectivity index (χ4n) is 2.69. The third kappa shape index (κ3) is 2.23. The first-order valence-electron chi connectivity index (χ1n) is 7.33. The first-order valence-corrected chi connectivity index (χ1v) is 7.33. The predicted molar refractivity (Wildman–Crippen MR) is 91.3 cm³/mol. The van der Waals surface area contributed by atoms with E-state index in [1.165, 1.54) is 6.20 Å². The minimum Gasteiger partial charge on any atom is -0.336 e. The van der Waals surface area contributed by atoms with Gasteiger partial charge in [-0.05, 0) is 35.9 Å². The summed E-state index contributed by atoms with van der Waals surface area (Å²) < 4.78 is 2.56. The smallest absolute Gasteiger partial charge is 0.278 e. The summed E-state index contributed by atoms with van der Waals surface area (Å²) in [4.78, 5) is 33.2. The molecule has 4 aromatic heterocycles. The maximum atomic E-state index is 12.7. The number of pyridine rings is 4. The third-order valence-corrected chi connectivity index (χ3v) is 3.95. The molecule has 24 heavy (non-hydrogen) atoms. The van der Waals surface area contributed by atoms with Gasteiger partial charge in [-0.1, -0.05) is 0 Å². The molecule has 2 N–H and O–H groups in total. The van der Waals surface area contributed by atoms with Gasteiger partial charge in [0.15, 0.2) is 0 Å². The normalized spacial score (nSPS) is 11.2. The van der Waals surface area contributed by atoms with Crippen molar-refractivity contribution in [1.82, 2.24) is 19.2 Å². The molecule has 4 aromatic rings. The van der Waals surface area contributed by atoms with Crippen LogP contribution >= 0.6 is 0 Å². The van der Waals surface area contributed by atoms with Crippen molar-refractivity contribution in [2.45, 2.75) is 6.54 Å². The molecule has 4 rings (SSSR count). The van der Waals surface area contributed by atoms with Gasteiger partial charge in [0.05, 0.1) is 28.4 Å². The van der Waals surface area contributed by atoms with Crippen LogP contribution < -0.4 is 17.0 Å². The Kier molecular flexibility index (Phi) is 3.13. The van der Waals surface area contributed by atoms with Gasteiger partial charge in [0.1, 0.15) is 0 Å². The van der Waals surface area contributed by atoms with E-state index in [9.17, 15) is 9.59 Å². The molecule has 0 unspecified atom stereocenters. The Morgan fingerprint density at radius 3 is 2.33 bits per heavy atom. The van der Waals surface area contributed by atoms with Crippen molar-refractivity contribution in [1.29, 1.82) is 0 Å². The van der Waals surface area contributed by atoms with Gasteiger partial charge < -0.3 is 10.4 Å². The fourth-order valence-corrected chi connectivity index (χ4v) is 2.69. The number of nitrogens with zero attached hydrogens (tertiary/aromatic N) is 4. The lowest BCUT2D eigenvalue weighted by atomic mass is 10.2. The standard InChI is InChI=1S/C17H13N5O2/c18-22-8-4-15-13(17(22)24)9-12-14(20-15)3-7-21(16(12)23)10-11-1-5-19-6-2-11/h1-9H,10,18H2. The van der Waals surface area contributed by atoms with E-state index in [0.717, 1.165) is 10.2 Å². The van der Waals surface area contributed by atoms with E-state index in [-0.39, 0.29) is 11.1 Å². The van der Waals surface area contributed by atoms with E-state index in [4.69, 9.17) is 5.84 Å². The highest BCUT2D eigenvalue weighted by atomic mass is 16.1. The van der Waals surface area contributed by atoms with Gasteiger partial charge in [-0.25, -0.2) is 9.66 Å². The Bertz CT molecular complexity index is 1180. The molecule has 4 heterocycles. The average molecular weight is 319 g/mol. The van der Waals surface area contributed by atoms with E-state index in [0.29, 0.717) is 28.4 Å². The highest BCUT2D eigenvalue weighted by Gasteiger charge is 2.09. The summed E-state index contributed by atoms with van der Waals surface area (Å²) in [5, 5.41) is 0.716. The van der Waals surface area contributed by atoms with Crippen LogP contribution in [-0.4, -0.2) is 19.2 Å². The van der Waals surface area contributed by atoms with Crippen LogP contribution in [0, 0.1) is 0 Å². The summed E-state index contributed by atoms with van der Waals surface area (Å²) in [6, 6.07) is 8.68. The number of nitrogen functional groups attached to an aromatic ring is 1. The molecule has 0 aliphatic rings. The van der Waals surface area contributed by atoms with Crippen LogP contribution in [0.3, 0.4) is 0 Å². The molecule has 7 nitrogen and oxygen atoms in total. The van der Waals surface area contributed by atoms with Crippen LogP contribution in [0.5, 0.6) is 0 Å². The lowest BCUT2D eigenvalue weighted by Crippen LogP contribution is -2.27. The fraction of sp³-hybridized carbons (Fsp3) is 0.0588. The largest absolute Gasteiger partial charge is 0.336 e. The van der Waals surface area contributed by atoms with E-state index >= 15 is 0 Å². The molecular formula is C17H13N5O2. The third-order valence-electron chi connectivity index (χ3n) is 3.95. The topological polar surface area (TPSA) is 95.8 Å². The lowest BCUT2D eigenvalue weighted by molar-refractivity contribution is 0.766. The number of hydrogen-bond donors (Lipinski definition) is 1. The van der Waals surface area contributed by atoms with Gasteiger partial charge >= 0.3 is 0 Å². The second-order valence-electron chi connectivity index (χ2n) is 5.49. The van der Waals surface area contributed by atoms with Gasteiger partial charge in [-0.3, -0.25) is 14.6 Å². The van der Waals surface area contributed by atoms with Crippen LogP contribution in [0.1, 0.15) is 5.56 Å². The van der Waals surface area contributed by atoms with Gasteiger partial charge in [-0.15, -0.1) is 0 Å². The lowest BCUT2D eigenvalue weighted by Gasteiger charge is -2.08. The van der Waals surface area contributed by atoms with Gasteiger partial charge in [0.2, 0.25) is 0 Å². The van der Waals surface area contributed by atoms with Crippen molar-refractivity contribution in [3.63, 3.8) is 0 Å². The Morgan fingerprint density at radius 1 is 0.917 bits per heavy atom. The molecule has 0 amide bonds. The van der Waals surface area contributed by atoms with E-state index in [2.05, 4.69) is 9.97 Å². The summed E-state index contributed by atoms with van der Waals surface area (Å²) in [6.07, 6.45) is 6.52. The molecular weight excluding hydrogens is 306 g/mol. The van der Waals surface area contributed by atoms with Crippen molar-refractivity contribution in [2.75, 3.05) is 5.84 Å². The molecule has 0 aliphatic carbocycles. The average Bonchev–Trinajstić information content (AvgIpc) is 2.61. The van der Waals surface area contributed by atoms with Crippen molar-refractivity contribution < 1.29 is 0 Å². The molecule has 0 saturated heterocycles. The molecule has 118 valence electrons. The van der Waals surface area contributed by atoms with Crippen LogP contribution in [0.15, 0.2) is 64.7 Å². The number of nitrogens with two attached hydrogens (primary N) is 1. The maximum absolute atomic E-state index is 12.7. The first-order chi connectivity index (χ1) is 11.6. The number of fused-ring (bicyclic) bond motifs is 2. The molecule has 0 saturated carbocycles. The summed E-state index contributed by atoms with van der Waals surface area (Å²) in [5.74, 6) is 5.59. The summed E-state index contributed by atoms with van der Waals surface area (Å²) >= 11 is 0. The number of hydrogen-bond acceptors (Lipinski definition) is 5.